The molecular formula is C13H22N4O. The number of anilines is 2. The molecule has 0 saturated carbocycles. The fourth-order valence-electron chi connectivity index (χ4n) is 1.52. The first-order valence-corrected chi connectivity index (χ1v) is 6.46. The Hall–Kier alpha value is -1.62. The van der Waals surface area contributed by atoms with Crippen molar-refractivity contribution < 1.29 is 4.79 Å². The first-order chi connectivity index (χ1) is 8.76. The minimum Gasteiger partial charge on any atom is -0.384 e. The lowest BCUT2D eigenvalue weighted by molar-refractivity contribution is -0.116. The number of nitrogens with two attached hydrogens (primary N) is 1. The van der Waals surface area contributed by atoms with Crippen LogP contribution in [0.5, 0.6) is 0 Å². The number of carbonyl (C=O) groups is 1. The summed E-state index contributed by atoms with van der Waals surface area (Å²) in [5.41, 5.74) is 6.27. The van der Waals surface area contributed by atoms with Gasteiger partial charge in [0.25, 0.3) is 0 Å². The molecule has 1 rings (SSSR count). The highest BCUT2D eigenvalue weighted by atomic mass is 16.1. The van der Waals surface area contributed by atoms with E-state index in [1.54, 1.807) is 12.3 Å². The van der Waals surface area contributed by atoms with Crippen LogP contribution in [0.2, 0.25) is 0 Å². The van der Waals surface area contributed by atoms with Gasteiger partial charge in [-0.2, -0.15) is 0 Å². The minimum absolute atomic E-state index is 0.103. The first kappa shape index (κ1) is 14.4. The van der Waals surface area contributed by atoms with Crippen molar-refractivity contribution in [3.63, 3.8) is 0 Å². The molecule has 0 unspecified atom stereocenters. The fourth-order valence-corrected chi connectivity index (χ4v) is 1.52. The summed E-state index contributed by atoms with van der Waals surface area (Å²) in [5, 5.41) is 5.98. The highest BCUT2D eigenvalue weighted by molar-refractivity contribution is 5.89. The summed E-state index contributed by atoms with van der Waals surface area (Å²) >= 11 is 0. The van der Waals surface area contributed by atoms with E-state index in [0.717, 1.165) is 18.7 Å². The molecule has 0 aliphatic rings. The third kappa shape index (κ3) is 5.63. The summed E-state index contributed by atoms with van der Waals surface area (Å²) in [6, 6.07) is 3.70. The number of pyridine rings is 1. The lowest BCUT2D eigenvalue weighted by atomic mass is 10.2. The smallest absolute Gasteiger partial charge is 0.226 e. The number of unbranched alkanes of at least 4 members (excludes halogenated alkanes) is 2. The zero-order valence-corrected chi connectivity index (χ0v) is 10.9. The molecule has 5 heteroatoms. The average molecular weight is 250 g/mol. The van der Waals surface area contributed by atoms with Gasteiger partial charge in [-0.1, -0.05) is 19.8 Å². The maximum Gasteiger partial charge on any atom is 0.226 e. The van der Waals surface area contributed by atoms with Crippen LogP contribution in [-0.2, 0) is 4.79 Å². The standard InChI is InChI=1S/C13H22N4O/c1-2-3-4-9-15-11-5-6-12(16-10-11)17-13(18)7-8-14/h5-6,10,15H,2-4,7-9,14H2,1H3,(H,16,17,18). The van der Waals surface area contributed by atoms with Crippen LogP contribution in [0.4, 0.5) is 11.5 Å². The molecule has 100 valence electrons. The predicted molar refractivity (Wildman–Crippen MR) is 74.6 cm³/mol. The van der Waals surface area contributed by atoms with Gasteiger partial charge >= 0.3 is 0 Å². The van der Waals surface area contributed by atoms with Crippen LogP contribution in [0.3, 0.4) is 0 Å². The molecular weight excluding hydrogens is 228 g/mol. The van der Waals surface area contributed by atoms with Gasteiger partial charge in [-0.3, -0.25) is 4.79 Å². The highest BCUT2D eigenvalue weighted by Crippen LogP contribution is 2.10. The molecule has 0 aliphatic heterocycles. The molecule has 1 aromatic heterocycles. The van der Waals surface area contributed by atoms with E-state index in [-0.39, 0.29) is 5.91 Å². The van der Waals surface area contributed by atoms with Crippen LogP contribution in [0.25, 0.3) is 0 Å². The van der Waals surface area contributed by atoms with E-state index < -0.39 is 0 Å². The maximum atomic E-state index is 11.3. The van der Waals surface area contributed by atoms with E-state index in [0.29, 0.717) is 18.8 Å². The minimum atomic E-state index is -0.103. The number of rotatable bonds is 8. The van der Waals surface area contributed by atoms with Gasteiger partial charge < -0.3 is 16.4 Å². The van der Waals surface area contributed by atoms with E-state index in [1.807, 2.05) is 6.07 Å². The normalized spacial score (nSPS) is 10.1. The molecule has 0 radical (unpaired) electrons. The van der Waals surface area contributed by atoms with E-state index >= 15 is 0 Å². The van der Waals surface area contributed by atoms with Gasteiger partial charge in [0.05, 0.1) is 11.9 Å². The summed E-state index contributed by atoms with van der Waals surface area (Å²) in [4.78, 5) is 15.5. The number of nitrogens with zero attached hydrogens (tertiary/aromatic N) is 1. The number of hydrogen-bond acceptors (Lipinski definition) is 4. The highest BCUT2D eigenvalue weighted by Gasteiger charge is 2.01. The van der Waals surface area contributed by atoms with E-state index in [2.05, 4.69) is 22.5 Å². The second-order valence-electron chi connectivity index (χ2n) is 4.15. The molecule has 0 fully saturated rings. The molecule has 0 aromatic carbocycles. The van der Waals surface area contributed by atoms with Crippen molar-refractivity contribution in [3.8, 4) is 0 Å². The van der Waals surface area contributed by atoms with Gasteiger partial charge in [-0.15, -0.1) is 0 Å². The number of nitrogens with one attached hydrogen (secondary N) is 2. The van der Waals surface area contributed by atoms with Crippen LogP contribution < -0.4 is 16.4 Å². The molecule has 0 spiro atoms. The van der Waals surface area contributed by atoms with Crippen molar-refractivity contribution in [1.82, 2.24) is 4.98 Å². The van der Waals surface area contributed by atoms with Crippen LogP contribution >= 0.6 is 0 Å². The predicted octanol–water partition coefficient (Wildman–Crippen LogP) is 1.97. The topological polar surface area (TPSA) is 80.0 Å². The third-order valence-corrected chi connectivity index (χ3v) is 2.51. The van der Waals surface area contributed by atoms with Crippen LogP contribution in [-0.4, -0.2) is 24.0 Å². The van der Waals surface area contributed by atoms with Crippen molar-refractivity contribution in [1.29, 1.82) is 0 Å². The molecule has 18 heavy (non-hydrogen) atoms. The second-order valence-corrected chi connectivity index (χ2v) is 4.15. The Kier molecular flexibility index (Phi) is 6.79. The molecule has 1 heterocycles. The fraction of sp³-hybridized carbons (Fsp3) is 0.538. The van der Waals surface area contributed by atoms with Crippen molar-refractivity contribution in [3.05, 3.63) is 18.3 Å². The molecule has 4 N–H and O–H groups in total. The Balaban J connectivity index is 2.35. The van der Waals surface area contributed by atoms with Crippen molar-refractivity contribution >= 4 is 17.4 Å². The van der Waals surface area contributed by atoms with Crippen LogP contribution in [0.1, 0.15) is 32.6 Å². The van der Waals surface area contributed by atoms with Gasteiger partial charge in [0.1, 0.15) is 5.82 Å². The van der Waals surface area contributed by atoms with E-state index in [9.17, 15) is 4.79 Å². The third-order valence-electron chi connectivity index (χ3n) is 2.51. The van der Waals surface area contributed by atoms with Gasteiger partial charge in [-0.25, -0.2) is 4.98 Å². The monoisotopic (exact) mass is 250 g/mol. The molecule has 0 bridgehead atoms. The second kappa shape index (κ2) is 8.47. The quantitative estimate of drug-likeness (QED) is 0.616. The number of aromatic nitrogens is 1. The maximum absolute atomic E-state index is 11.3. The van der Waals surface area contributed by atoms with Gasteiger partial charge in [-0.05, 0) is 18.6 Å². The number of amides is 1. The Morgan fingerprint density at radius 3 is 2.83 bits per heavy atom. The molecule has 1 amide bonds. The lowest BCUT2D eigenvalue weighted by Crippen LogP contribution is -2.16. The largest absolute Gasteiger partial charge is 0.384 e. The van der Waals surface area contributed by atoms with Gasteiger partial charge in [0.15, 0.2) is 0 Å². The molecule has 0 saturated heterocycles. The zero-order chi connectivity index (χ0) is 13.2. The van der Waals surface area contributed by atoms with E-state index in [4.69, 9.17) is 5.73 Å². The van der Waals surface area contributed by atoms with Gasteiger partial charge in [0, 0.05) is 19.5 Å². The van der Waals surface area contributed by atoms with Crippen molar-refractivity contribution in [2.75, 3.05) is 23.7 Å². The summed E-state index contributed by atoms with van der Waals surface area (Å²) in [6.45, 7) is 3.48. The Morgan fingerprint density at radius 1 is 1.39 bits per heavy atom. The molecule has 5 nitrogen and oxygen atoms in total. The van der Waals surface area contributed by atoms with Crippen molar-refractivity contribution in [2.45, 2.75) is 32.6 Å². The molecule has 0 atom stereocenters. The number of carbonyl (C=O) groups excluding carboxylic acids is 1. The summed E-state index contributed by atoms with van der Waals surface area (Å²) < 4.78 is 0. The average Bonchev–Trinajstić information content (AvgIpc) is 2.37. The summed E-state index contributed by atoms with van der Waals surface area (Å²) in [7, 11) is 0. The van der Waals surface area contributed by atoms with E-state index in [1.165, 1.54) is 12.8 Å². The Labute approximate surface area is 108 Å². The summed E-state index contributed by atoms with van der Waals surface area (Å²) in [6.07, 6.45) is 5.65. The molecule has 1 aromatic rings. The Morgan fingerprint density at radius 2 is 2.22 bits per heavy atom. The Bertz CT molecular complexity index is 351. The first-order valence-electron chi connectivity index (χ1n) is 6.46. The summed E-state index contributed by atoms with van der Waals surface area (Å²) in [5.74, 6) is 0.459. The van der Waals surface area contributed by atoms with Crippen LogP contribution in [0.15, 0.2) is 18.3 Å². The molecule has 0 aliphatic carbocycles. The lowest BCUT2D eigenvalue weighted by Gasteiger charge is -2.07. The zero-order valence-electron chi connectivity index (χ0n) is 10.9. The van der Waals surface area contributed by atoms with Gasteiger partial charge in [0.2, 0.25) is 5.91 Å². The van der Waals surface area contributed by atoms with Crippen LogP contribution in [0, 0.1) is 0 Å². The number of hydrogen-bond donors (Lipinski definition) is 3. The van der Waals surface area contributed by atoms with Crippen molar-refractivity contribution in [2.24, 2.45) is 5.73 Å². The SMILES string of the molecule is CCCCCNc1ccc(NC(=O)CCN)nc1.